The van der Waals surface area contributed by atoms with E-state index in [1.807, 2.05) is 24.7 Å². The molecule has 0 aromatic carbocycles. The maximum absolute atomic E-state index is 5.02. The van der Waals surface area contributed by atoms with E-state index in [-0.39, 0.29) is 0 Å². The number of rotatable bonds is 7. The zero-order chi connectivity index (χ0) is 12.0. The summed E-state index contributed by atoms with van der Waals surface area (Å²) in [7, 11) is 5.81. The van der Waals surface area contributed by atoms with Gasteiger partial charge in [0, 0.05) is 40.0 Å². The molecule has 0 aliphatic heterocycles. The molecule has 92 valence electrons. The van der Waals surface area contributed by atoms with Gasteiger partial charge in [0.15, 0.2) is 0 Å². The molecule has 0 bridgehead atoms. The Bertz CT molecular complexity index is 311. The van der Waals surface area contributed by atoms with Crippen LogP contribution < -0.4 is 5.32 Å². The molecule has 1 N–H and O–H groups in total. The van der Waals surface area contributed by atoms with Gasteiger partial charge in [-0.3, -0.25) is 0 Å². The highest BCUT2D eigenvalue weighted by atomic mass is 16.5. The van der Waals surface area contributed by atoms with Gasteiger partial charge in [-0.25, -0.2) is 4.98 Å². The Kier molecular flexibility index (Phi) is 5.28. The first-order valence-electron chi connectivity index (χ1n) is 5.55. The van der Waals surface area contributed by atoms with Crippen LogP contribution in [0.25, 0.3) is 0 Å². The van der Waals surface area contributed by atoms with Crippen molar-refractivity contribution in [3.05, 3.63) is 11.9 Å². The number of nitrogens with one attached hydrogen (secondary N) is 1. The zero-order valence-corrected chi connectivity index (χ0v) is 10.7. The Morgan fingerprint density at radius 1 is 1.50 bits per heavy atom. The van der Waals surface area contributed by atoms with Crippen molar-refractivity contribution in [2.24, 2.45) is 7.05 Å². The fraction of sp³-hybridized carbons (Fsp3) is 0.727. The van der Waals surface area contributed by atoms with Gasteiger partial charge in [0.25, 0.3) is 0 Å². The third kappa shape index (κ3) is 4.20. The number of anilines is 1. The van der Waals surface area contributed by atoms with Crippen LogP contribution >= 0.6 is 0 Å². The van der Waals surface area contributed by atoms with Crippen molar-refractivity contribution in [1.82, 2.24) is 14.5 Å². The van der Waals surface area contributed by atoms with Gasteiger partial charge in [-0.15, -0.1) is 0 Å². The number of aromatic nitrogens is 2. The van der Waals surface area contributed by atoms with Gasteiger partial charge in [0.2, 0.25) is 5.95 Å². The fourth-order valence-electron chi connectivity index (χ4n) is 1.50. The molecule has 0 saturated heterocycles. The van der Waals surface area contributed by atoms with Crippen molar-refractivity contribution in [2.45, 2.75) is 6.92 Å². The molecular weight excluding hydrogens is 204 g/mol. The van der Waals surface area contributed by atoms with Crippen LogP contribution in [0.15, 0.2) is 6.20 Å². The minimum absolute atomic E-state index is 0.776. The molecule has 1 heterocycles. The van der Waals surface area contributed by atoms with Crippen LogP contribution in [0.2, 0.25) is 0 Å². The predicted octanol–water partition coefficient (Wildman–Crippen LogP) is 0.719. The van der Waals surface area contributed by atoms with Gasteiger partial charge in [0.05, 0.1) is 12.3 Å². The first-order chi connectivity index (χ1) is 7.63. The van der Waals surface area contributed by atoms with E-state index in [9.17, 15) is 0 Å². The Hall–Kier alpha value is -1.07. The molecule has 0 radical (unpaired) electrons. The van der Waals surface area contributed by atoms with Crippen LogP contribution in [0.1, 0.15) is 5.69 Å². The molecular formula is C11H22N4O. The van der Waals surface area contributed by atoms with Crippen LogP contribution in [-0.4, -0.2) is 54.8 Å². The average Bonchev–Trinajstić information content (AvgIpc) is 2.55. The summed E-state index contributed by atoms with van der Waals surface area (Å²) in [6.45, 7) is 5.60. The third-order valence-corrected chi connectivity index (χ3v) is 2.45. The summed E-state index contributed by atoms with van der Waals surface area (Å²) in [5, 5.41) is 3.31. The molecule has 0 spiro atoms. The van der Waals surface area contributed by atoms with Crippen molar-refractivity contribution in [2.75, 3.05) is 45.7 Å². The molecule has 0 atom stereocenters. The van der Waals surface area contributed by atoms with Crippen molar-refractivity contribution in [1.29, 1.82) is 0 Å². The van der Waals surface area contributed by atoms with E-state index in [2.05, 4.69) is 22.2 Å². The topological polar surface area (TPSA) is 42.3 Å². The number of nitrogens with zero attached hydrogens (tertiary/aromatic N) is 3. The van der Waals surface area contributed by atoms with Crippen LogP contribution in [0.4, 0.5) is 5.95 Å². The molecule has 1 aromatic rings. The van der Waals surface area contributed by atoms with Gasteiger partial charge in [0.1, 0.15) is 0 Å². The number of ether oxygens (including phenoxy) is 1. The van der Waals surface area contributed by atoms with E-state index in [1.165, 1.54) is 0 Å². The van der Waals surface area contributed by atoms with Gasteiger partial charge < -0.3 is 19.5 Å². The van der Waals surface area contributed by atoms with Crippen molar-refractivity contribution >= 4 is 5.95 Å². The summed E-state index contributed by atoms with van der Waals surface area (Å²) in [6, 6.07) is 0. The van der Waals surface area contributed by atoms with E-state index in [0.29, 0.717) is 0 Å². The SMILES string of the molecule is COCCN(C)CCNc1nc(C)cn1C. The van der Waals surface area contributed by atoms with Crippen molar-refractivity contribution in [3.63, 3.8) is 0 Å². The highest BCUT2D eigenvalue weighted by Gasteiger charge is 2.02. The summed E-state index contributed by atoms with van der Waals surface area (Å²) >= 11 is 0. The number of hydrogen-bond acceptors (Lipinski definition) is 4. The highest BCUT2D eigenvalue weighted by Crippen LogP contribution is 2.04. The second kappa shape index (κ2) is 6.50. The standard InChI is InChI=1S/C11H22N4O/c1-10-9-15(3)11(13-10)12-5-6-14(2)7-8-16-4/h9H,5-8H2,1-4H3,(H,12,13). The minimum atomic E-state index is 0.776. The van der Waals surface area contributed by atoms with E-state index >= 15 is 0 Å². The minimum Gasteiger partial charge on any atom is -0.383 e. The van der Waals surface area contributed by atoms with E-state index in [0.717, 1.165) is 37.9 Å². The van der Waals surface area contributed by atoms with E-state index < -0.39 is 0 Å². The number of hydrogen-bond donors (Lipinski definition) is 1. The lowest BCUT2D eigenvalue weighted by Crippen LogP contribution is -2.28. The lowest BCUT2D eigenvalue weighted by atomic mass is 10.5. The van der Waals surface area contributed by atoms with Gasteiger partial charge in [-0.2, -0.15) is 0 Å². The Morgan fingerprint density at radius 3 is 2.81 bits per heavy atom. The molecule has 5 heteroatoms. The largest absolute Gasteiger partial charge is 0.383 e. The van der Waals surface area contributed by atoms with Crippen LogP contribution in [0.3, 0.4) is 0 Å². The maximum Gasteiger partial charge on any atom is 0.202 e. The Balaban J connectivity index is 2.22. The van der Waals surface area contributed by atoms with Gasteiger partial charge in [-0.05, 0) is 14.0 Å². The average molecular weight is 226 g/mol. The summed E-state index contributed by atoms with van der Waals surface area (Å²) < 4.78 is 7.03. The molecule has 0 aliphatic carbocycles. The summed E-state index contributed by atoms with van der Waals surface area (Å²) in [5.74, 6) is 0.928. The fourth-order valence-corrected chi connectivity index (χ4v) is 1.50. The van der Waals surface area contributed by atoms with Crippen molar-refractivity contribution in [3.8, 4) is 0 Å². The first kappa shape index (κ1) is 13.0. The molecule has 0 amide bonds. The number of methoxy groups -OCH3 is 1. The number of aryl methyl sites for hydroxylation is 2. The van der Waals surface area contributed by atoms with Gasteiger partial charge >= 0.3 is 0 Å². The quantitative estimate of drug-likeness (QED) is 0.744. The Morgan fingerprint density at radius 2 is 2.25 bits per heavy atom. The van der Waals surface area contributed by atoms with E-state index in [1.54, 1.807) is 7.11 Å². The van der Waals surface area contributed by atoms with Crippen LogP contribution in [-0.2, 0) is 11.8 Å². The maximum atomic E-state index is 5.02. The first-order valence-corrected chi connectivity index (χ1v) is 5.55. The second-order valence-corrected chi connectivity index (χ2v) is 4.04. The molecule has 5 nitrogen and oxygen atoms in total. The monoisotopic (exact) mass is 226 g/mol. The molecule has 0 fully saturated rings. The summed E-state index contributed by atoms with van der Waals surface area (Å²) in [5.41, 5.74) is 1.04. The third-order valence-electron chi connectivity index (χ3n) is 2.45. The number of likely N-dealkylation sites (N-methyl/N-ethyl adjacent to an activating group) is 1. The second-order valence-electron chi connectivity index (χ2n) is 4.04. The summed E-state index contributed by atoms with van der Waals surface area (Å²) in [6.07, 6.45) is 2.01. The smallest absolute Gasteiger partial charge is 0.202 e. The molecule has 1 rings (SSSR count). The lowest BCUT2D eigenvalue weighted by Gasteiger charge is -2.16. The molecule has 16 heavy (non-hydrogen) atoms. The highest BCUT2D eigenvalue weighted by molar-refractivity contribution is 5.27. The molecule has 0 aliphatic rings. The summed E-state index contributed by atoms with van der Waals surface area (Å²) in [4.78, 5) is 6.61. The van der Waals surface area contributed by atoms with Crippen LogP contribution in [0.5, 0.6) is 0 Å². The van der Waals surface area contributed by atoms with E-state index in [4.69, 9.17) is 4.74 Å². The number of imidazole rings is 1. The van der Waals surface area contributed by atoms with Crippen LogP contribution in [0, 0.1) is 6.92 Å². The zero-order valence-electron chi connectivity index (χ0n) is 10.7. The predicted molar refractivity (Wildman–Crippen MR) is 65.8 cm³/mol. The molecule has 1 aromatic heterocycles. The lowest BCUT2D eigenvalue weighted by molar-refractivity contribution is 0.163. The normalized spacial score (nSPS) is 11.1. The molecule has 0 unspecified atom stereocenters. The van der Waals surface area contributed by atoms with Crippen molar-refractivity contribution < 1.29 is 4.74 Å². The molecule has 0 saturated carbocycles. The van der Waals surface area contributed by atoms with Gasteiger partial charge in [-0.1, -0.05) is 0 Å². The Labute approximate surface area is 97.4 Å².